The lowest BCUT2D eigenvalue weighted by Crippen LogP contribution is -2.46. The van der Waals surface area contributed by atoms with E-state index in [4.69, 9.17) is 4.74 Å². The van der Waals surface area contributed by atoms with Crippen molar-refractivity contribution in [1.82, 2.24) is 10.2 Å². The smallest absolute Gasteiger partial charge is 0.0699 e. The van der Waals surface area contributed by atoms with Gasteiger partial charge < -0.3 is 15.0 Å². The van der Waals surface area contributed by atoms with Crippen molar-refractivity contribution in [2.45, 2.75) is 58.1 Å². The third kappa shape index (κ3) is 4.22. The molecule has 2 fully saturated rings. The number of hydrogen-bond acceptors (Lipinski definition) is 3. The summed E-state index contributed by atoms with van der Waals surface area (Å²) >= 11 is 0. The third-order valence-corrected chi connectivity index (χ3v) is 4.64. The fraction of sp³-hybridized carbons (Fsp3) is 1.00. The Hall–Kier alpha value is -0.120. The van der Waals surface area contributed by atoms with E-state index in [9.17, 15) is 0 Å². The molecule has 2 rings (SSSR count). The first kappa shape index (κ1) is 14.3. The highest BCUT2D eigenvalue weighted by molar-refractivity contribution is 4.81. The highest BCUT2D eigenvalue weighted by Crippen LogP contribution is 2.20. The summed E-state index contributed by atoms with van der Waals surface area (Å²) in [6, 6.07) is 0.630. The molecule has 18 heavy (non-hydrogen) atoms. The van der Waals surface area contributed by atoms with Gasteiger partial charge in [-0.15, -0.1) is 0 Å². The maximum atomic E-state index is 5.79. The Bertz CT molecular complexity index is 229. The Morgan fingerprint density at radius 3 is 2.89 bits per heavy atom. The van der Waals surface area contributed by atoms with Gasteiger partial charge in [0.05, 0.1) is 6.10 Å². The predicted molar refractivity (Wildman–Crippen MR) is 75.9 cm³/mol. The highest BCUT2D eigenvalue weighted by atomic mass is 16.5. The van der Waals surface area contributed by atoms with Crippen LogP contribution in [0.25, 0.3) is 0 Å². The van der Waals surface area contributed by atoms with Gasteiger partial charge in [-0.3, -0.25) is 0 Å². The standard InChI is InChI=1S/C15H30N2O/c1-3-17-9-6-7-14(12-17)13(2)16-11-15-8-4-5-10-18-15/h13-16H,3-12H2,1-2H3. The minimum atomic E-state index is 0.465. The van der Waals surface area contributed by atoms with Gasteiger partial charge in [-0.2, -0.15) is 0 Å². The van der Waals surface area contributed by atoms with Crippen LogP contribution in [0, 0.1) is 5.92 Å². The summed E-state index contributed by atoms with van der Waals surface area (Å²) in [6.07, 6.45) is 7.05. The average molecular weight is 254 g/mol. The summed E-state index contributed by atoms with van der Waals surface area (Å²) in [7, 11) is 0. The van der Waals surface area contributed by atoms with Crippen LogP contribution < -0.4 is 5.32 Å². The molecule has 2 aliphatic rings. The molecule has 0 aromatic carbocycles. The van der Waals surface area contributed by atoms with Gasteiger partial charge in [0.1, 0.15) is 0 Å². The molecule has 3 unspecified atom stereocenters. The second kappa shape index (κ2) is 7.46. The molecular formula is C15H30N2O. The zero-order valence-corrected chi connectivity index (χ0v) is 12.2. The SMILES string of the molecule is CCN1CCCC(C(C)NCC2CCCCO2)C1. The zero-order valence-electron chi connectivity index (χ0n) is 12.2. The van der Waals surface area contributed by atoms with Crippen LogP contribution in [-0.2, 0) is 4.74 Å². The normalized spacial score (nSPS) is 32.3. The van der Waals surface area contributed by atoms with E-state index >= 15 is 0 Å². The molecule has 0 amide bonds. The van der Waals surface area contributed by atoms with E-state index in [1.807, 2.05) is 0 Å². The molecule has 0 aromatic rings. The van der Waals surface area contributed by atoms with E-state index in [1.54, 1.807) is 0 Å². The number of ether oxygens (including phenoxy) is 1. The molecule has 0 saturated carbocycles. The number of likely N-dealkylation sites (tertiary alicyclic amines) is 1. The van der Waals surface area contributed by atoms with Crippen molar-refractivity contribution in [1.29, 1.82) is 0 Å². The van der Waals surface area contributed by atoms with Crippen LogP contribution in [0.1, 0.15) is 46.0 Å². The number of nitrogens with zero attached hydrogens (tertiary/aromatic N) is 1. The molecule has 2 heterocycles. The van der Waals surface area contributed by atoms with Gasteiger partial charge in [-0.1, -0.05) is 6.92 Å². The number of hydrogen-bond donors (Lipinski definition) is 1. The van der Waals surface area contributed by atoms with E-state index < -0.39 is 0 Å². The van der Waals surface area contributed by atoms with Crippen LogP contribution in [0.15, 0.2) is 0 Å². The second-order valence-electron chi connectivity index (χ2n) is 5.98. The minimum Gasteiger partial charge on any atom is -0.377 e. The van der Waals surface area contributed by atoms with Crippen molar-refractivity contribution in [2.24, 2.45) is 5.92 Å². The summed E-state index contributed by atoms with van der Waals surface area (Å²) in [5, 5.41) is 3.72. The van der Waals surface area contributed by atoms with Crippen LogP contribution in [-0.4, -0.2) is 49.8 Å². The first-order valence-corrected chi connectivity index (χ1v) is 7.87. The molecule has 3 nitrogen and oxygen atoms in total. The van der Waals surface area contributed by atoms with Gasteiger partial charge in [0, 0.05) is 25.7 Å². The maximum absolute atomic E-state index is 5.79. The molecule has 1 N–H and O–H groups in total. The molecular weight excluding hydrogens is 224 g/mol. The molecule has 0 aliphatic carbocycles. The van der Waals surface area contributed by atoms with Gasteiger partial charge in [-0.05, 0) is 58.0 Å². The van der Waals surface area contributed by atoms with Crippen LogP contribution in [0.5, 0.6) is 0 Å². The molecule has 106 valence electrons. The monoisotopic (exact) mass is 254 g/mol. The highest BCUT2D eigenvalue weighted by Gasteiger charge is 2.24. The molecule has 2 aliphatic heterocycles. The largest absolute Gasteiger partial charge is 0.377 e. The van der Waals surface area contributed by atoms with Crippen molar-refractivity contribution in [3.05, 3.63) is 0 Å². The van der Waals surface area contributed by atoms with E-state index in [2.05, 4.69) is 24.1 Å². The summed E-state index contributed by atoms with van der Waals surface area (Å²) in [5.41, 5.74) is 0. The van der Waals surface area contributed by atoms with Crippen molar-refractivity contribution < 1.29 is 4.74 Å². The fourth-order valence-corrected chi connectivity index (χ4v) is 3.24. The number of nitrogens with one attached hydrogen (secondary N) is 1. The number of piperidine rings is 1. The lowest BCUT2D eigenvalue weighted by atomic mass is 9.91. The quantitative estimate of drug-likeness (QED) is 0.814. The molecule has 0 aromatic heterocycles. The van der Waals surface area contributed by atoms with Crippen molar-refractivity contribution >= 4 is 0 Å². The number of rotatable bonds is 5. The topological polar surface area (TPSA) is 24.5 Å². The lowest BCUT2D eigenvalue weighted by molar-refractivity contribution is 0.0135. The van der Waals surface area contributed by atoms with Crippen molar-refractivity contribution in [3.63, 3.8) is 0 Å². The summed E-state index contributed by atoms with van der Waals surface area (Å²) < 4.78 is 5.79. The van der Waals surface area contributed by atoms with Crippen LogP contribution in [0.3, 0.4) is 0 Å². The maximum Gasteiger partial charge on any atom is 0.0699 e. The Morgan fingerprint density at radius 2 is 2.17 bits per heavy atom. The summed E-state index contributed by atoms with van der Waals surface area (Å²) in [5.74, 6) is 0.822. The molecule has 2 saturated heterocycles. The first-order valence-electron chi connectivity index (χ1n) is 7.87. The Labute approximate surface area is 112 Å². The molecule has 0 spiro atoms. The Morgan fingerprint density at radius 1 is 1.28 bits per heavy atom. The van der Waals surface area contributed by atoms with Crippen molar-refractivity contribution in [2.75, 3.05) is 32.8 Å². The molecule has 3 heteroatoms. The molecule has 0 radical (unpaired) electrons. The van der Waals surface area contributed by atoms with E-state index in [-0.39, 0.29) is 0 Å². The van der Waals surface area contributed by atoms with Crippen LogP contribution >= 0.6 is 0 Å². The fourth-order valence-electron chi connectivity index (χ4n) is 3.24. The van der Waals surface area contributed by atoms with Gasteiger partial charge in [-0.25, -0.2) is 0 Å². The van der Waals surface area contributed by atoms with Gasteiger partial charge in [0.2, 0.25) is 0 Å². The molecule has 3 atom stereocenters. The zero-order chi connectivity index (χ0) is 12.8. The lowest BCUT2D eigenvalue weighted by Gasteiger charge is -2.36. The van der Waals surface area contributed by atoms with E-state index in [0.29, 0.717) is 12.1 Å². The second-order valence-corrected chi connectivity index (χ2v) is 5.98. The summed E-state index contributed by atoms with van der Waals surface area (Å²) in [6.45, 7) is 10.4. The average Bonchev–Trinajstić information content (AvgIpc) is 2.46. The Kier molecular flexibility index (Phi) is 5.93. The van der Waals surface area contributed by atoms with Gasteiger partial charge in [0.15, 0.2) is 0 Å². The van der Waals surface area contributed by atoms with E-state index in [0.717, 1.165) is 19.1 Å². The van der Waals surface area contributed by atoms with Crippen LogP contribution in [0.2, 0.25) is 0 Å². The van der Waals surface area contributed by atoms with E-state index in [1.165, 1.54) is 51.7 Å². The summed E-state index contributed by atoms with van der Waals surface area (Å²) in [4.78, 5) is 2.59. The Balaban J connectivity index is 1.68. The first-order chi connectivity index (χ1) is 8.79. The predicted octanol–water partition coefficient (Wildman–Crippen LogP) is 2.27. The van der Waals surface area contributed by atoms with Crippen LogP contribution in [0.4, 0.5) is 0 Å². The minimum absolute atomic E-state index is 0.465. The van der Waals surface area contributed by atoms with Crippen molar-refractivity contribution in [3.8, 4) is 0 Å². The van der Waals surface area contributed by atoms with Gasteiger partial charge >= 0.3 is 0 Å². The third-order valence-electron chi connectivity index (χ3n) is 4.64. The molecule has 0 bridgehead atoms. The van der Waals surface area contributed by atoms with Gasteiger partial charge in [0.25, 0.3) is 0 Å².